The third-order valence-corrected chi connectivity index (χ3v) is 2.83. The summed E-state index contributed by atoms with van der Waals surface area (Å²) >= 11 is 0. The van der Waals surface area contributed by atoms with Crippen LogP contribution in [-0.2, 0) is 14.3 Å². The lowest BCUT2D eigenvalue weighted by Gasteiger charge is -2.17. The van der Waals surface area contributed by atoms with E-state index in [4.69, 9.17) is 9.47 Å². The van der Waals surface area contributed by atoms with E-state index < -0.39 is 17.5 Å². The van der Waals surface area contributed by atoms with Crippen LogP contribution in [0.4, 0.5) is 0 Å². The lowest BCUT2D eigenvalue weighted by Crippen LogP contribution is -2.22. The van der Waals surface area contributed by atoms with Gasteiger partial charge in [-0.1, -0.05) is 0 Å². The zero-order valence-corrected chi connectivity index (χ0v) is 13.7. The van der Waals surface area contributed by atoms with Crippen molar-refractivity contribution >= 4 is 23.7 Å². The van der Waals surface area contributed by atoms with Crippen molar-refractivity contribution in [3.63, 3.8) is 0 Å². The molecule has 2 heterocycles. The monoisotopic (exact) mass is 316 g/mol. The number of nitrogens with zero attached hydrogens (tertiary/aromatic N) is 2. The van der Waals surface area contributed by atoms with E-state index in [1.54, 1.807) is 35.7 Å². The van der Waals surface area contributed by atoms with Crippen LogP contribution in [0.1, 0.15) is 43.7 Å². The van der Waals surface area contributed by atoms with Crippen molar-refractivity contribution in [2.75, 3.05) is 6.61 Å². The molecule has 6 heteroatoms. The number of hydrogen-bond donors (Lipinski definition) is 0. The molecule has 0 aliphatic heterocycles. The standard InChI is InChI=1S/C17H20N2O4/c1-5-22-16(21)13-10-18-14-8-6-12(11-19(13)14)7-9-15(20)23-17(2,3)4/h6-11H,5H2,1-4H3/b9-7+. The molecule has 23 heavy (non-hydrogen) atoms. The summed E-state index contributed by atoms with van der Waals surface area (Å²) < 4.78 is 11.8. The van der Waals surface area contributed by atoms with Crippen molar-refractivity contribution in [2.24, 2.45) is 0 Å². The van der Waals surface area contributed by atoms with Gasteiger partial charge in [-0.05, 0) is 51.5 Å². The number of rotatable bonds is 4. The SMILES string of the molecule is CCOC(=O)c1cnc2ccc(/C=C/C(=O)OC(C)(C)C)cn12. The summed E-state index contributed by atoms with van der Waals surface area (Å²) in [6.07, 6.45) is 6.17. The Labute approximate surface area is 134 Å². The molecule has 0 amide bonds. The van der Waals surface area contributed by atoms with Crippen LogP contribution >= 0.6 is 0 Å². The average Bonchev–Trinajstić information content (AvgIpc) is 2.86. The van der Waals surface area contributed by atoms with E-state index >= 15 is 0 Å². The molecule has 2 aromatic rings. The first kappa shape index (κ1) is 16.7. The Balaban J connectivity index is 2.24. The summed E-state index contributed by atoms with van der Waals surface area (Å²) in [5, 5.41) is 0. The highest BCUT2D eigenvalue weighted by molar-refractivity contribution is 5.89. The molecule has 0 aliphatic rings. The molecule has 0 spiro atoms. The average molecular weight is 316 g/mol. The molecule has 0 saturated carbocycles. The van der Waals surface area contributed by atoms with E-state index in [2.05, 4.69) is 4.98 Å². The van der Waals surface area contributed by atoms with Crippen LogP contribution in [-0.4, -0.2) is 33.5 Å². The third kappa shape index (κ3) is 4.42. The van der Waals surface area contributed by atoms with Gasteiger partial charge in [0.05, 0.1) is 12.8 Å². The minimum Gasteiger partial charge on any atom is -0.461 e. The second-order valence-corrected chi connectivity index (χ2v) is 5.92. The molecule has 0 bridgehead atoms. The maximum absolute atomic E-state index is 11.9. The highest BCUT2D eigenvalue weighted by atomic mass is 16.6. The first-order valence-corrected chi connectivity index (χ1v) is 7.35. The van der Waals surface area contributed by atoms with Crippen molar-refractivity contribution in [1.82, 2.24) is 9.38 Å². The molecule has 0 radical (unpaired) electrons. The molecule has 0 fully saturated rings. The van der Waals surface area contributed by atoms with Crippen LogP contribution < -0.4 is 0 Å². The van der Waals surface area contributed by atoms with Gasteiger partial charge in [0.15, 0.2) is 5.69 Å². The Morgan fingerprint density at radius 2 is 2.04 bits per heavy atom. The number of ether oxygens (including phenoxy) is 2. The maximum atomic E-state index is 11.9. The smallest absolute Gasteiger partial charge is 0.356 e. The van der Waals surface area contributed by atoms with Gasteiger partial charge < -0.3 is 9.47 Å². The van der Waals surface area contributed by atoms with Crippen LogP contribution in [0, 0.1) is 0 Å². The molecule has 0 N–H and O–H groups in total. The van der Waals surface area contributed by atoms with Gasteiger partial charge in [0.2, 0.25) is 0 Å². The summed E-state index contributed by atoms with van der Waals surface area (Å²) in [7, 11) is 0. The Morgan fingerprint density at radius 1 is 1.30 bits per heavy atom. The lowest BCUT2D eigenvalue weighted by atomic mass is 10.2. The number of carbonyl (C=O) groups excluding carboxylic acids is 2. The summed E-state index contributed by atoms with van der Waals surface area (Å²) in [6, 6.07) is 3.57. The minimum atomic E-state index is -0.535. The molecule has 0 aromatic carbocycles. The normalized spacial score (nSPS) is 11.8. The number of esters is 2. The predicted octanol–water partition coefficient (Wildman–Crippen LogP) is 2.87. The molecule has 0 atom stereocenters. The third-order valence-electron chi connectivity index (χ3n) is 2.83. The van der Waals surface area contributed by atoms with E-state index in [-0.39, 0.29) is 0 Å². The molecular weight excluding hydrogens is 296 g/mol. The van der Waals surface area contributed by atoms with Crippen molar-refractivity contribution in [3.8, 4) is 0 Å². The first-order valence-electron chi connectivity index (χ1n) is 7.35. The summed E-state index contributed by atoms with van der Waals surface area (Å²) in [4.78, 5) is 27.7. The highest BCUT2D eigenvalue weighted by Gasteiger charge is 2.14. The molecule has 0 aliphatic carbocycles. The first-order chi connectivity index (χ1) is 10.8. The van der Waals surface area contributed by atoms with Crippen molar-refractivity contribution in [3.05, 3.63) is 41.9 Å². The molecule has 0 saturated heterocycles. The van der Waals surface area contributed by atoms with Gasteiger partial charge in [0, 0.05) is 12.3 Å². The molecule has 2 aromatic heterocycles. The number of hydrogen-bond acceptors (Lipinski definition) is 5. The van der Waals surface area contributed by atoms with E-state index in [1.807, 2.05) is 20.8 Å². The largest absolute Gasteiger partial charge is 0.461 e. The Morgan fingerprint density at radius 3 is 2.70 bits per heavy atom. The van der Waals surface area contributed by atoms with E-state index in [9.17, 15) is 9.59 Å². The lowest BCUT2D eigenvalue weighted by molar-refractivity contribution is -0.148. The Hall–Kier alpha value is -2.63. The van der Waals surface area contributed by atoms with Gasteiger partial charge in [0.1, 0.15) is 11.2 Å². The van der Waals surface area contributed by atoms with Crippen LogP contribution in [0.3, 0.4) is 0 Å². The number of fused-ring (bicyclic) bond motifs is 1. The fourth-order valence-electron chi connectivity index (χ4n) is 1.95. The van der Waals surface area contributed by atoms with Gasteiger partial charge in [-0.2, -0.15) is 0 Å². The van der Waals surface area contributed by atoms with Crippen LogP contribution in [0.2, 0.25) is 0 Å². The molecule has 6 nitrogen and oxygen atoms in total. The number of pyridine rings is 1. The summed E-state index contributed by atoms with van der Waals surface area (Å²) in [5.41, 5.74) is 1.18. The van der Waals surface area contributed by atoms with Gasteiger partial charge >= 0.3 is 11.9 Å². The summed E-state index contributed by atoms with van der Waals surface area (Å²) in [6.45, 7) is 7.46. The second-order valence-electron chi connectivity index (χ2n) is 5.92. The molecular formula is C17H20N2O4. The van der Waals surface area contributed by atoms with Crippen molar-refractivity contribution in [1.29, 1.82) is 0 Å². The molecule has 122 valence electrons. The minimum absolute atomic E-state index is 0.296. The number of imidazole rings is 1. The van der Waals surface area contributed by atoms with Crippen LogP contribution in [0.15, 0.2) is 30.6 Å². The topological polar surface area (TPSA) is 69.9 Å². The van der Waals surface area contributed by atoms with Gasteiger partial charge in [0.25, 0.3) is 0 Å². The van der Waals surface area contributed by atoms with Crippen molar-refractivity contribution < 1.29 is 19.1 Å². The van der Waals surface area contributed by atoms with Gasteiger partial charge in [-0.3, -0.25) is 4.40 Å². The zero-order chi connectivity index (χ0) is 17.0. The number of carbonyl (C=O) groups is 2. The van der Waals surface area contributed by atoms with E-state index in [0.717, 1.165) is 5.56 Å². The maximum Gasteiger partial charge on any atom is 0.356 e. The van der Waals surface area contributed by atoms with E-state index in [0.29, 0.717) is 17.9 Å². The molecule has 2 rings (SSSR count). The van der Waals surface area contributed by atoms with Gasteiger partial charge in [-0.15, -0.1) is 0 Å². The predicted molar refractivity (Wildman–Crippen MR) is 86.0 cm³/mol. The fraction of sp³-hybridized carbons (Fsp3) is 0.353. The van der Waals surface area contributed by atoms with Crippen molar-refractivity contribution in [2.45, 2.75) is 33.3 Å². The highest BCUT2D eigenvalue weighted by Crippen LogP contribution is 2.13. The zero-order valence-electron chi connectivity index (χ0n) is 13.7. The van der Waals surface area contributed by atoms with Crippen LogP contribution in [0.25, 0.3) is 11.7 Å². The van der Waals surface area contributed by atoms with E-state index in [1.165, 1.54) is 12.3 Å². The quantitative estimate of drug-likeness (QED) is 0.641. The second kappa shape index (κ2) is 6.64. The Bertz CT molecular complexity index is 754. The molecule has 0 unspecified atom stereocenters. The Kier molecular flexibility index (Phi) is 4.83. The fourth-order valence-corrected chi connectivity index (χ4v) is 1.95. The van der Waals surface area contributed by atoms with Gasteiger partial charge in [-0.25, -0.2) is 14.6 Å². The number of aromatic nitrogens is 2. The van der Waals surface area contributed by atoms with Crippen LogP contribution in [0.5, 0.6) is 0 Å². The summed E-state index contributed by atoms with van der Waals surface area (Å²) in [5.74, 6) is -0.859.